The Morgan fingerprint density at radius 3 is 2.14 bits per heavy atom. The molecule has 0 spiro atoms. The Kier molecular flexibility index (Phi) is 7.97. The van der Waals surface area contributed by atoms with Crippen LogP contribution in [-0.4, -0.2) is 26.5 Å². The van der Waals surface area contributed by atoms with Gasteiger partial charge in [-0.15, -0.1) is 11.8 Å². The summed E-state index contributed by atoms with van der Waals surface area (Å²) < 4.78 is 10.8. The third-order valence-electron chi connectivity index (χ3n) is 4.16. The molecule has 1 unspecified atom stereocenters. The van der Waals surface area contributed by atoms with Crippen LogP contribution in [0.3, 0.4) is 0 Å². The van der Waals surface area contributed by atoms with Gasteiger partial charge in [-0.25, -0.2) is 0 Å². The normalized spacial score (nSPS) is 12.5. The van der Waals surface area contributed by atoms with Crippen molar-refractivity contribution >= 4 is 11.8 Å². The van der Waals surface area contributed by atoms with Crippen molar-refractivity contribution in [3.8, 4) is 11.5 Å². The minimum Gasteiger partial charge on any atom is -0.493 e. The Labute approximate surface area is 133 Å². The lowest BCUT2D eigenvalue weighted by Gasteiger charge is -2.23. The molecule has 0 aliphatic rings. The van der Waals surface area contributed by atoms with Crippen molar-refractivity contribution in [3.05, 3.63) is 17.7 Å². The van der Waals surface area contributed by atoms with Crippen molar-refractivity contribution in [2.24, 2.45) is 5.92 Å². The van der Waals surface area contributed by atoms with Gasteiger partial charge in [-0.3, -0.25) is 0 Å². The van der Waals surface area contributed by atoms with Gasteiger partial charge >= 0.3 is 0 Å². The molecule has 1 N–H and O–H groups in total. The molecular formula is C17H29NO2S. The number of hydrogen-bond donors (Lipinski definition) is 1. The molecule has 21 heavy (non-hydrogen) atoms. The Morgan fingerprint density at radius 2 is 1.67 bits per heavy atom. The largest absolute Gasteiger partial charge is 0.493 e. The zero-order chi connectivity index (χ0) is 15.8. The van der Waals surface area contributed by atoms with Crippen molar-refractivity contribution in [3.63, 3.8) is 0 Å². The number of ether oxygens (including phenoxy) is 2. The summed E-state index contributed by atoms with van der Waals surface area (Å²) in [6.07, 6.45) is 4.52. The summed E-state index contributed by atoms with van der Waals surface area (Å²) in [5, 5.41) is 3.65. The first-order valence-electron chi connectivity index (χ1n) is 7.63. The number of nitrogens with one attached hydrogen (secondary N) is 1. The Hall–Kier alpha value is -0.870. The highest BCUT2D eigenvalue weighted by Crippen LogP contribution is 2.34. The Balaban J connectivity index is 2.87. The Morgan fingerprint density at radius 1 is 1.10 bits per heavy atom. The molecule has 0 amide bonds. The van der Waals surface area contributed by atoms with Crippen LogP contribution in [0.25, 0.3) is 0 Å². The van der Waals surface area contributed by atoms with Crippen LogP contribution in [0.15, 0.2) is 17.0 Å². The van der Waals surface area contributed by atoms with Gasteiger partial charge in [0.25, 0.3) is 0 Å². The maximum Gasteiger partial charge on any atom is 0.161 e. The molecule has 1 atom stereocenters. The lowest BCUT2D eigenvalue weighted by molar-refractivity contribution is 0.346. The van der Waals surface area contributed by atoms with Crippen LogP contribution in [0.4, 0.5) is 0 Å². The predicted molar refractivity (Wildman–Crippen MR) is 91.7 cm³/mol. The minimum atomic E-state index is 0.516. The highest BCUT2D eigenvalue weighted by Gasteiger charge is 2.15. The lowest BCUT2D eigenvalue weighted by atomic mass is 9.95. The maximum atomic E-state index is 5.41. The van der Waals surface area contributed by atoms with Gasteiger partial charge in [-0.05, 0) is 36.8 Å². The summed E-state index contributed by atoms with van der Waals surface area (Å²) in [4.78, 5) is 1.23. The molecule has 0 bridgehead atoms. The standard InChI is InChI=1S/C17H29NO2S/c1-7-13(8-2)12(3)18-11-14-9-15(19-4)16(20-5)10-17(14)21-6/h9-10,12-13,18H,7-8,11H2,1-6H3. The summed E-state index contributed by atoms with van der Waals surface area (Å²) >= 11 is 1.74. The smallest absolute Gasteiger partial charge is 0.161 e. The first-order chi connectivity index (χ1) is 10.1. The fourth-order valence-corrected chi connectivity index (χ4v) is 3.28. The Bertz CT molecular complexity index is 433. The van der Waals surface area contributed by atoms with Crippen molar-refractivity contribution in [2.45, 2.75) is 51.1 Å². The average molecular weight is 311 g/mol. The zero-order valence-electron chi connectivity index (χ0n) is 14.2. The van der Waals surface area contributed by atoms with Crippen molar-refractivity contribution < 1.29 is 9.47 Å². The second-order valence-corrected chi connectivity index (χ2v) is 6.11. The first kappa shape index (κ1) is 18.2. The van der Waals surface area contributed by atoms with Gasteiger partial charge in [-0.1, -0.05) is 26.7 Å². The monoisotopic (exact) mass is 311 g/mol. The van der Waals surface area contributed by atoms with E-state index in [0.29, 0.717) is 6.04 Å². The molecule has 0 aromatic heterocycles. The quantitative estimate of drug-likeness (QED) is 0.687. The number of thioether (sulfide) groups is 1. The second kappa shape index (κ2) is 9.21. The lowest BCUT2D eigenvalue weighted by Crippen LogP contribution is -2.32. The molecule has 1 rings (SSSR count). The molecule has 1 aromatic carbocycles. The van der Waals surface area contributed by atoms with E-state index in [1.54, 1.807) is 26.0 Å². The SMILES string of the molecule is CCC(CC)C(C)NCc1cc(OC)c(OC)cc1SC. The third kappa shape index (κ3) is 4.82. The predicted octanol–water partition coefficient (Wildman–Crippen LogP) is 4.34. The topological polar surface area (TPSA) is 30.5 Å². The molecule has 3 nitrogen and oxygen atoms in total. The van der Waals surface area contributed by atoms with E-state index in [4.69, 9.17) is 9.47 Å². The fourth-order valence-electron chi connectivity index (χ4n) is 2.66. The van der Waals surface area contributed by atoms with Crippen LogP contribution >= 0.6 is 11.8 Å². The van der Waals surface area contributed by atoms with E-state index in [1.807, 2.05) is 0 Å². The van der Waals surface area contributed by atoms with Crippen molar-refractivity contribution in [1.82, 2.24) is 5.32 Å². The van der Waals surface area contributed by atoms with Crippen molar-refractivity contribution in [2.75, 3.05) is 20.5 Å². The summed E-state index contributed by atoms with van der Waals surface area (Å²) in [6.45, 7) is 7.65. The molecule has 0 radical (unpaired) electrons. The number of hydrogen-bond acceptors (Lipinski definition) is 4. The average Bonchev–Trinajstić information content (AvgIpc) is 2.52. The van der Waals surface area contributed by atoms with Crippen LogP contribution in [0, 0.1) is 5.92 Å². The van der Waals surface area contributed by atoms with E-state index in [0.717, 1.165) is 24.0 Å². The van der Waals surface area contributed by atoms with Crippen LogP contribution in [0.1, 0.15) is 39.2 Å². The summed E-state index contributed by atoms with van der Waals surface area (Å²) in [5.74, 6) is 2.31. The highest BCUT2D eigenvalue weighted by atomic mass is 32.2. The molecule has 0 fully saturated rings. The molecule has 0 aliphatic heterocycles. The zero-order valence-corrected chi connectivity index (χ0v) is 15.0. The molecule has 1 aromatic rings. The van der Waals surface area contributed by atoms with E-state index < -0.39 is 0 Å². The van der Waals surface area contributed by atoms with E-state index in [2.05, 4.69) is 44.5 Å². The number of rotatable bonds is 9. The maximum absolute atomic E-state index is 5.41. The molecule has 0 heterocycles. The van der Waals surface area contributed by atoms with Crippen LogP contribution in [0.2, 0.25) is 0 Å². The fraction of sp³-hybridized carbons (Fsp3) is 0.647. The summed E-state index contributed by atoms with van der Waals surface area (Å²) in [5.41, 5.74) is 1.26. The molecule has 4 heteroatoms. The number of benzene rings is 1. The van der Waals surface area contributed by atoms with E-state index in [1.165, 1.54) is 23.3 Å². The van der Waals surface area contributed by atoms with E-state index >= 15 is 0 Å². The molecule has 0 saturated carbocycles. The first-order valence-corrected chi connectivity index (χ1v) is 8.85. The van der Waals surface area contributed by atoms with Crippen molar-refractivity contribution in [1.29, 1.82) is 0 Å². The highest BCUT2D eigenvalue weighted by molar-refractivity contribution is 7.98. The number of methoxy groups -OCH3 is 2. The minimum absolute atomic E-state index is 0.516. The third-order valence-corrected chi connectivity index (χ3v) is 4.98. The second-order valence-electron chi connectivity index (χ2n) is 5.27. The van der Waals surface area contributed by atoms with Gasteiger partial charge < -0.3 is 14.8 Å². The van der Waals surface area contributed by atoms with Gasteiger partial charge in [0.2, 0.25) is 0 Å². The molecule has 120 valence electrons. The van der Waals surface area contributed by atoms with Crippen LogP contribution in [-0.2, 0) is 6.54 Å². The van der Waals surface area contributed by atoms with Gasteiger partial charge in [-0.2, -0.15) is 0 Å². The summed E-state index contributed by atoms with van der Waals surface area (Å²) in [7, 11) is 3.36. The van der Waals surface area contributed by atoms with Crippen LogP contribution < -0.4 is 14.8 Å². The van der Waals surface area contributed by atoms with Gasteiger partial charge in [0.1, 0.15) is 0 Å². The van der Waals surface area contributed by atoms with Gasteiger partial charge in [0.15, 0.2) is 11.5 Å². The molecular weight excluding hydrogens is 282 g/mol. The van der Waals surface area contributed by atoms with Gasteiger partial charge in [0, 0.05) is 17.5 Å². The van der Waals surface area contributed by atoms with Crippen LogP contribution in [0.5, 0.6) is 11.5 Å². The van der Waals surface area contributed by atoms with E-state index in [9.17, 15) is 0 Å². The van der Waals surface area contributed by atoms with Gasteiger partial charge in [0.05, 0.1) is 14.2 Å². The molecule has 0 aliphatic carbocycles. The molecule has 0 saturated heterocycles. The van der Waals surface area contributed by atoms with E-state index in [-0.39, 0.29) is 0 Å². The summed E-state index contributed by atoms with van der Waals surface area (Å²) in [6, 6.07) is 4.65.